The van der Waals surface area contributed by atoms with E-state index in [9.17, 15) is 4.79 Å². The first kappa shape index (κ1) is 17.8. The molecule has 0 aliphatic rings. The Morgan fingerprint density at radius 2 is 2.13 bits per heavy atom. The monoisotopic (exact) mass is 351 g/mol. The number of hydrogen-bond donors (Lipinski definition) is 2. The van der Waals surface area contributed by atoms with Gasteiger partial charge in [-0.2, -0.15) is 11.3 Å². The minimum atomic E-state index is -0.144. The van der Waals surface area contributed by atoms with Crippen molar-refractivity contribution in [2.75, 3.05) is 27.2 Å². The Morgan fingerprint density at radius 3 is 2.78 bits per heavy atom. The molecule has 0 radical (unpaired) electrons. The van der Waals surface area contributed by atoms with Crippen molar-refractivity contribution in [1.82, 2.24) is 15.5 Å². The first-order valence-corrected chi connectivity index (χ1v) is 8.83. The number of likely N-dealkylation sites (N-methyl/N-ethyl adjacent to an activating group) is 1. The van der Waals surface area contributed by atoms with Crippen molar-refractivity contribution >= 4 is 29.0 Å². The summed E-state index contributed by atoms with van der Waals surface area (Å²) in [5.41, 5.74) is 2.33. The van der Waals surface area contributed by atoms with Crippen LogP contribution < -0.4 is 10.6 Å². The van der Waals surface area contributed by atoms with Crippen LogP contribution in [0.4, 0.5) is 4.79 Å². The Labute approximate surface area is 146 Å². The average molecular weight is 352 g/mol. The van der Waals surface area contributed by atoms with E-state index in [0.29, 0.717) is 13.1 Å². The number of carbonyl (C=O) groups excluding carboxylic acids is 1. The Hall–Kier alpha value is -1.56. The van der Waals surface area contributed by atoms with Gasteiger partial charge in [0.1, 0.15) is 0 Å². The van der Waals surface area contributed by atoms with Gasteiger partial charge in [0.15, 0.2) is 0 Å². The molecule has 0 aliphatic carbocycles. The van der Waals surface area contributed by atoms with Crippen molar-refractivity contribution in [3.63, 3.8) is 0 Å². The van der Waals surface area contributed by atoms with Gasteiger partial charge in [0.2, 0.25) is 0 Å². The van der Waals surface area contributed by atoms with E-state index in [1.54, 1.807) is 11.3 Å². The quantitative estimate of drug-likeness (QED) is 0.801. The molecule has 2 N–H and O–H groups in total. The molecule has 0 fully saturated rings. The summed E-state index contributed by atoms with van der Waals surface area (Å²) in [6.07, 6.45) is 0.760. The summed E-state index contributed by atoms with van der Waals surface area (Å²) in [6, 6.07) is 9.81. The van der Waals surface area contributed by atoms with Crippen LogP contribution in [0.3, 0.4) is 0 Å². The molecule has 23 heavy (non-hydrogen) atoms. The number of carbonyl (C=O) groups is 1. The molecule has 2 aromatic rings. The zero-order valence-electron chi connectivity index (χ0n) is 13.4. The van der Waals surface area contributed by atoms with Gasteiger partial charge in [0.25, 0.3) is 0 Å². The molecular formula is C17H22ClN3OS. The number of urea groups is 1. The minimum absolute atomic E-state index is 0.144. The number of hydrogen-bond acceptors (Lipinski definition) is 3. The maximum Gasteiger partial charge on any atom is 0.314 e. The normalized spacial score (nSPS) is 12.2. The second-order valence-corrected chi connectivity index (χ2v) is 6.77. The molecule has 124 valence electrons. The van der Waals surface area contributed by atoms with Gasteiger partial charge >= 0.3 is 6.03 Å². The molecule has 1 aromatic carbocycles. The molecule has 4 nitrogen and oxygen atoms in total. The Kier molecular flexibility index (Phi) is 6.89. The lowest BCUT2D eigenvalue weighted by atomic mass is 10.1. The number of thiophene rings is 1. The lowest BCUT2D eigenvalue weighted by Crippen LogP contribution is -2.41. The van der Waals surface area contributed by atoms with Crippen LogP contribution >= 0.6 is 22.9 Å². The lowest BCUT2D eigenvalue weighted by molar-refractivity contribution is 0.233. The Balaban J connectivity index is 1.74. The number of nitrogens with one attached hydrogen (secondary N) is 2. The summed E-state index contributed by atoms with van der Waals surface area (Å²) in [7, 11) is 4.03. The SMILES string of the molecule is CN(C)C(CNC(=O)NCCc1cccc(Cl)c1)c1ccsc1. The fourth-order valence-corrected chi connectivity index (χ4v) is 3.25. The van der Waals surface area contributed by atoms with E-state index in [1.807, 2.05) is 38.4 Å². The fourth-order valence-electron chi connectivity index (χ4n) is 2.33. The summed E-state index contributed by atoms with van der Waals surface area (Å²) in [5, 5.41) is 10.7. The topological polar surface area (TPSA) is 44.4 Å². The average Bonchev–Trinajstić information content (AvgIpc) is 3.01. The smallest absolute Gasteiger partial charge is 0.314 e. The summed E-state index contributed by atoms with van der Waals surface area (Å²) in [4.78, 5) is 14.0. The van der Waals surface area contributed by atoms with E-state index in [-0.39, 0.29) is 12.1 Å². The maximum absolute atomic E-state index is 11.9. The lowest BCUT2D eigenvalue weighted by Gasteiger charge is -2.24. The second-order valence-electron chi connectivity index (χ2n) is 5.55. The molecule has 1 atom stereocenters. The van der Waals surface area contributed by atoms with Gasteiger partial charge in [-0.3, -0.25) is 0 Å². The third-order valence-electron chi connectivity index (χ3n) is 3.60. The third-order valence-corrected chi connectivity index (χ3v) is 4.53. The van der Waals surface area contributed by atoms with Gasteiger partial charge in [0.05, 0.1) is 6.04 Å². The molecule has 2 rings (SSSR count). The van der Waals surface area contributed by atoms with E-state index in [0.717, 1.165) is 17.0 Å². The van der Waals surface area contributed by atoms with Gasteiger partial charge in [-0.1, -0.05) is 23.7 Å². The molecule has 0 saturated heterocycles. The van der Waals surface area contributed by atoms with Crippen molar-refractivity contribution in [3.8, 4) is 0 Å². The van der Waals surface area contributed by atoms with Gasteiger partial charge in [0, 0.05) is 18.1 Å². The minimum Gasteiger partial charge on any atom is -0.338 e. The van der Waals surface area contributed by atoms with Crippen LogP contribution in [0.15, 0.2) is 41.1 Å². The molecule has 6 heteroatoms. The summed E-state index contributed by atoms with van der Waals surface area (Å²) in [5.74, 6) is 0. The highest BCUT2D eigenvalue weighted by molar-refractivity contribution is 7.07. The van der Waals surface area contributed by atoms with Gasteiger partial charge in [-0.05, 0) is 60.6 Å². The van der Waals surface area contributed by atoms with Crippen LogP contribution in [0.2, 0.25) is 5.02 Å². The Bertz CT molecular complexity index is 616. The Morgan fingerprint density at radius 1 is 1.30 bits per heavy atom. The van der Waals surface area contributed by atoms with Gasteiger partial charge in [-0.25, -0.2) is 4.79 Å². The van der Waals surface area contributed by atoms with E-state index in [2.05, 4.69) is 32.4 Å². The second kappa shape index (κ2) is 8.91. The number of amides is 2. The van der Waals surface area contributed by atoms with Crippen LogP contribution in [-0.4, -0.2) is 38.1 Å². The molecule has 0 bridgehead atoms. The molecule has 2 amide bonds. The first-order valence-electron chi connectivity index (χ1n) is 7.51. The van der Waals surface area contributed by atoms with Crippen molar-refractivity contribution in [2.45, 2.75) is 12.5 Å². The summed E-state index contributed by atoms with van der Waals surface area (Å²) < 4.78 is 0. The first-order chi connectivity index (χ1) is 11.1. The molecule has 0 saturated carbocycles. The van der Waals surface area contributed by atoms with Crippen molar-refractivity contribution in [2.24, 2.45) is 0 Å². The van der Waals surface area contributed by atoms with Crippen LogP contribution in [0.1, 0.15) is 17.2 Å². The van der Waals surface area contributed by atoms with E-state index < -0.39 is 0 Å². The van der Waals surface area contributed by atoms with E-state index in [4.69, 9.17) is 11.6 Å². The zero-order chi connectivity index (χ0) is 16.7. The highest BCUT2D eigenvalue weighted by Gasteiger charge is 2.15. The zero-order valence-corrected chi connectivity index (χ0v) is 15.0. The van der Waals surface area contributed by atoms with Crippen molar-refractivity contribution < 1.29 is 4.79 Å². The van der Waals surface area contributed by atoms with Crippen LogP contribution in [0.5, 0.6) is 0 Å². The van der Waals surface area contributed by atoms with Crippen molar-refractivity contribution in [1.29, 1.82) is 0 Å². The number of rotatable bonds is 7. The van der Waals surface area contributed by atoms with Crippen molar-refractivity contribution in [3.05, 3.63) is 57.2 Å². The van der Waals surface area contributed by atoms with Gasteiger partial charge < -0.3 is 15.5 Å². The van der Waals surface area contributed by atoms with E-state index >= 15 is 0 Å². The molecule has 1 aromatic heterocycles. The molecule has 1 heterocycles. The van der Waals surface area contributed by atoms with Crippen LogP contribution in [0, 0.1) is 0 Å². The maximum atomic E-state index is 11.9. The third kappa shape index (κ3) is 5.86. The highest BCUT2D eigenvalue weighted by atomic mass is 35.5. The van der Waals surface area contributed by atoms with Crippen LogP contribution in [0.25, 0.3) is 0 Å². The van der Waals surface area contributed by atoms with E-state index in [1.165, 1.54) is 5.56 Å². The largest absolute Gasteiger partial charge is 0.338 e. The summed E-state index contributed by atoms with van der Waals surface area (Å²) >= 11 is 7.61. The number of benzene rings is 1. The van der Waals surface area contributed by atoms with Gasteiger partial charge in [-0.15, -0.1) is 0 Å². The molecule has 0 spiro atoms. The molecular weight excluding hydrogens is 330 g/mol. The standard InChI is InChI=1S/C17H22ClN3OS/c1-21(2)16(14-7-9-23-12-14)11-20-17(22)19-8-6-13-4-3-5-15(18)10-13/h3-5,7,9-10,12,16H,6,8,11H2,1-2H3,(H2,19,20,22). The number of halogens is 1. The van der Waals surface area contributed by atoms with Crippen LogP contribution in [-0.2, 0) is 6.42 Å². The molecule has 1 unspecified atom stereocenters. The fraction of sp³-hybridized carbons (Fsp3) is 0.353. The predicted octanol–water partition coefficient (Wildman–Crippen LogP) is 3.55. The summed E-state index contributed by atoms with van der Waals surface area (Å²) in [6.45, 7) is 1.16. The predicted molar refractivity (Wildman–Crippen MR) is 97.3 cm³/mol. The number of nitrogens with zero attached hydrogens (tertiary/aromatic N) is 1. The molecule has 0 aliphatic heterocycles. The highest BCUT2D eigenvalue weighted by Crippen LogP contribution is 2.19.